The van der Waals surface area contributed by atoms with Crippen LogP contribution in [0.4, 0.5) is 11.4 Å². The minimum atomic E-state index is -0.848. The van der Waals surface area contributed by atoms with Crippen molar-refractivity contribution >= 4 is 40.9 Å². The Kier molecular flexibility index (Phi) is 9.25. The lowest BCUT2D eigenvalue weighted by molar-refractivity contribution is -0.142. The maximum atomic E-state index is 14.9. The van der Waals surface area contributed by atoms with Crippen molar-refractivity contribution < 1.29 is 24.2 Å². The number of aliphatic hydroxyl groups is 1. The maximum absolute atomic E-state index is 14.9. The molecule has 240 valence electrons. The number of likely N-dealkylation sites (tertiary alicyclic amines) is 1. The van der Waals surface area contributed by atoms with Crippen LogP contribution in [0.1, 0.15) is 44.7 Å². The van der Waals surface area contributed by atoms with Gasteiger partial charge in [-0.15, -0.1) is 24.9 Å². The fourth-order valence-electron chi connectivity index (χ4n) is 7.89. The molecule has 2 aromatic carbocycles. The van der Waals surface area contributed by atoms with Crippen molar-refractivity contribution in [3.8, 4) is 5.75 Å². The second kappa shape index (κ2) is 12.7. The summed E-state index contributed by atoms with van der Waals surface area (Å²) in [6.45, 7) is 18.3. The first-order valence-electron chi connectivity index (χ1n) is 15.8. The molecule has 3 heterocycles. The SMILES string of the molecule is C=CCN(C(=O)[C@@H]1[C@H]2C(=O)N([C@H](C)CO)C(C(=O)N(CC=C)c3c(C)cccc3C)C23CC[C@@]1(C)S3)c1ccc(OCC)cc1. The number of carbonyl (C=O) groups is 3. The third-order valence-corrected chi connectivity index (χ3v) is 11.8. The molecule has 9 heteroatoms. The lowest BCUT2D eigenvalue weighted by Crippen LogP contribution is -2.57. The standard InChI is InChI=1S/C36H45N3O5S/c1-8-20-37(26-14-16-27(17-15-26)44-10-3)32(41)28-29-33(42)39(25(6)22-40)31(36(29)19-18-35(28,7)45-36)34(43)38(21-9-2)30-23(4)12-11-13-24(30)5/h8-9,11-17,25,28-29,31,40H,1-2,10,18-22H2,3-7H3/t25-,28+,29+,31?,35-,36?/m1/s1. The number of aryl methyl sites for hydroxylation is 2. The summed E-state index contributed by atoms with van der Waals surface area (Å²) < 4.78 is 4.25. The van der Waals surface area contributed by atoms with E-state index in [1.165, 1.54) is 0 Å². The van der Waals surface area contributed by atoms with Gasteiger partial charge in [0, 0.05) is 29.2 Å². The second-order valence-corrected chi connectivity index (χ2v) is 14.5. The number of hydrogen-bond donors (Lipinski definition) is 1. The molecule has 45 heavy (non-hydrogen) atoms. The molecule has 3 aliphatic heterocycles. The number of aliphatic hydroxyl groups excluding tert-OH is 1. The van der Waals surface area contributed by atoms with Crippen molar-refractivity contribution in [1.82, 2.24) is 4.90 Å². The summed E-state index contributed by atoms with van der Waals surface area (Å²) in [4.78, 5) is 49.3. The van der Waals surface area contributed by atoms with E-state index in [1.54, 1.807) is 45.5 Å². The molecule has 0 saturated carbocycles. The van der Waals surface area contributed by atoms with Gasteiger partial charge in [-0.25, -0.2) is 0 Å². The highest BCUT2D eigenvalue weighted by Crippen LogP contribution is 2.72. The number of ether oxygens (including phenoxy) is 1. The van der Waals surface area contributed by atoms with Crippen LogP contribution >= 0.6 is 11.8 Å². The summed E-state index contributed by atoms with van der Waals surface area (Å²) >= 11 is 1.63. The average Bonchev–Trinajstić information content (AvgIpc) is 3.59. The van der Waals surface area contributed by atoms with Crippen LogP contribution in [0.15, 0.2) is 67.8 Å². The Morgan fingerprint density at radius 1 is 1.07 bits per heavy atom. The van der Waals surface area contributed by atoms with Crippen molar-refractivity contribution in [2.75, 3.05) is 36.1 Å². The second-order valence-electron chi connectivity index (χ2n) is 12.6. The summed E-state index contributed by atoms with van der Waals surface area (Å²) in [5, 5.41) is 10.3. The summed E-state index contributed by atoms with van der Waals surface area (Å²) in [7, 11) is 0. The first-order valence-corrected chi connectivity index (χ1v) is 16.6. The number of para-hydroxylation sites is 1. The lowest BCUT2D eigenvalue weighted by atomic mass is 9.66. The van der Waals surface area contributed by atoms with E-state index in [0.717, 1.165) is 16.8 Å². The van der Waals surface area contributed by atoms with Crippen molar-refractivity contribution in [3.05, 3.63) is 78.9 Å². The highest BCUT2D eigenvalue weighted by molar-refractivity contribution is 8.02. The largest absolute Gasteiger partial charge is 0.494 e. The average molecular weight is 632 g/mol. The highest BCUT2D eigenvalue weighted by atomic mass is 32.2. The molecule has 3 aliphatic rings. The summed E-state index contributed by atoms with van der Waals surface area (Å²) in [6, 6.07) is 11.8. The number of anilines is 2. The molecule has 2 aromatic rings. The van der Waals surface area contributed by atoms with Gasteiger partial charge in [0.25, 0.3) is 5.91 Å². The van der Waals surface area contributed by atoms with Crippen molar-refractivity contribution in [2.45, 2.75) is 69.0 Å². The highest BCUT2D eigenvalue weighted by Gasteiger charge is 2.78. The van der Waals surface area contributed by atoms with Gasteiger partial charge >= 0.3 is 0 Å². The van der Waals surface area contributed by atoms with E-state index in [0.29, 0.717) is 30.9 Å². The van der Waals surface area contributed by atoms with Crippen LogP contribution in [0.25, 0.3) is 0 Å². The molecule has 3 saturated heterocycles. The molecular formula is C36H45N3O5S. The fourth-order valence-corrected chi connectivity index (χ4v) is 10.2. The Bertz CT molecular complexity index is 1470. The van der Waals surface area contributed by atoms with Crippen molar-refractivity contribution in [3.63, 3.8) is 0 Å². The van der Waals surface area contributed by atoms with Gasteiger partial charge < -0.3 is 24.5 Å². The van der Waals surface area contributed by atoms with Gasteiger partial charge in [-0.05, 0) is 82.9 Å². The summed E-state index contributed by atoms with van der Waals surface area (Å²) in [5.74, 6) is -1.26. The van der Waals surface area contributed by atoms with E-state index in [9.17, 15) is 19.5 Å². The lowest BCUT2D eigenvalue weighted by Gasteiger charge is -2.39. The van der Waals surface area contributed by atoms with Crippen LogP contribution in [0, 0.1) is 25.7 Å². The molecule has 2 unspecified atom stereocenters. The van der Waals surface area contributed by atoms with Gasteiger partial charge in [0.05, 0.1) is 35.8 Å². The van der Waals surface area contributed by atoms with Gasteiger partial charge in [-0.1, -0.05) is 30.4 Å². The third-order valence-electron chi connectivity index (χ3n) is 9.78. The minimum absolute atomic E-state index is 0.156. The number of amides is 3. The van der Waals surface area contributed by atoms with Crippen molar-refractivity contribution in [1.29, 1.82) is 0 Å². The number of thioether (sulfide) groups is 1. The topological polar surface area (TPSA) is 90.4 Å². The molecule has 6 atom stereocenters. The number of rotatable bonds is 12. The van der Waals surface area contributed by atoms with E-state index in [1.807, 2.05) is 63.2 Å². The maximum Gasteiger partial charge on any atom is 0.251 e. The number of fused-ring (bicyclic) bond motifs is 1. The van der Waals surface area contributed by atoms with Crippen LogP contribution in [0.2, 0.25) is 0 Å². The fraction of sp³-hybridized carbons (Fsp3) is 0.472. The zero-order valence-electron chi connectivity index (χ0n) is 27.0. The molecule has 3 amide bonds. The molecule has 0 radical (unpaired) electrons. The Morgan fingerprint density at radius 3 is 2.27 bits per heavy atom. The normalized spacial score (nSPS) is 27.2. The van der Waals surface area contributed by atoms with Crippen LogP contribution in [-0.4, -0.2) is 75.6 Å². The molecule has 1 spiro atoms. The van der Waals surface area contributed by atoms with Gasteiger partial charge in [-0.3, -0.25) is 14.4 Å². The van der Waals surface area contributed by atoms with Crippen LogP contribution in [0.3, 0.4) is 0 Å². The first-order chi connectivity index (χ1) is 21.5. The Morgan fingerprint density at radius 2 is 1.69 bits per heavy atom. The monoisotopic (exact) mass is 631 g/mol. The minimum Gasteiger partial charge on any atom is -0.494 e. The quantitative estimate of drug-likeness (QED) is 0.320. The van der Waals surface area contributed by atoms with E-state index >= 15 is 0 Å². The Balaban J connectivity index is 1.60. The number of carbonyl (C=O) groups excluding carboxylic acids is 3. The van der Waals surface area contributed by atoms with E-state index in [4.69, 9.17) is 4.74 Å². The van der Waals surface area contributed by atoms with Gasteiger partial charge in [0.1, 0.15) is 11.8 Å². The predicted molar refractivity (Wildman–Crippen MR) is 181 cm³/mol. The van der Waals surface area contributed by atoms with Gasteiger partial charge in [0.2, 0.25) is 11.8 Å². The smallest absolute Gasteiger partial charge is 0.251 e. The first kappa shape index (κ1) is 32.8. The molecular weight excluding hydrogens is 586 g/mol. The molecule has 3 fully saturated rings. The summed E-state index contributed by atoms with van der Waals surface area (Å²) in [6.07, 6.45) is 4.71. The molecule has 1 N–H and O–H groups in total. The van der Waals surface area contributed by atoms with Crippen LogP contribution in [-0.2, 0) is 14.4 Å². The van der Waals surface area contributed by atoms with Gasteiger partial charge in [-0.2, -0.15) is 0 Å². The molecule has 2 bridgehead atoms. The van der Waals surface area contributed by atoms with E-state index in [-0.39, 0.29) is 37.4 Å². The molecule has 0 aliphatic carbocycles. The molecule has 5 rings (SSSR count). The van der Waals surface area contributed by atoms with E-state index < -0.39 is 33.4 Å². The zero-order valence-corrected chi connectivity index (χ0v) is 27.8. The van der Waals surface area contributed by atoms with Crippen LogP contribution < -0.4 is 14.5 Å². The Hall–Kier alpha value is -3.56. The molecule has 0 aromatic heterocycles. The van der Waals surface area contributed by atoms with Crippen LogP contribution in [0.5, 0.6) is 5.75 Å². The summed E-state index contributed by atoms with van der Waals surface area (Å²) in [5.41, 5.74) is 3.39. The third kappa shape index (κ3) is 5.27. The Labute approximate surface area is 271 Å². The predicted octanol–water partition coefficient (Wildman–Crippen LogP) is 5.30. The number of nitrogens with zero attached hydrogens (tertiary/aromatic N) is 3. The van der Waals surface area contributed by atoms with Crippen molar-refractivity contribution in [2.24, 2.45) is 11.8 Å². The number of benzene rings is 2. The molecule has 8 nitrogen and oxygen atoms in total. The number of hydrogen-bond acceptors (Lipinski definition) is 6. The van der Waals surface area contributed by atoms with Gasteiger partial charge in [0.15, 0.2) is 0 Å². The van der Waals surface area contributed by atoms with E-state index in [2.05, 4.69) is 20.1 Å². The zero-order chi connectivity index (χ0) is 32.7.